The minimum Gasteiger partial charge on any atom is -0.422 e. The monoisotopic (exact) mass is 816 g/mol. The van der Waals surface area contributed by atoms with Crippen LogP contribution in [0.15, 0.2) is 115 Å². The SMILES string of the molecule is O=C1O[C@]2(c3ccc(Br)cc3)O[C@]3(c4ccc(Br)cc4)O[C@@]1(C(=O)c1ccc(Br)cc1)[C@@]2(C(=O)c1ccc(Br)cc1)O3. The normalized spacial score (nSPS) is 29.0. The molecule has 0 aromatic heterocycles. The summed E-state index contributed by atoms with van der Waals surface area (Å²) >= 11 is 13.6. The number of benzene rings is 4. The number of carbonyl (C=O) groups is 3. The molecule has 4 atom stereocenters. The molecule has 7 rings (SSSR count). The molecule has 3 aliphatic heterocycles. The van der Waals surface area contributed by atoms with Crippen molar-refractivity contribution in [2.75, 3.05) is 0 Å². The van der Waals surface area contributed by atoms with Gasteiger partial charge in [-0.2, -0.15) is 0 Å². The van der Waals surface area contributed by atoms with Gasteiger partial charge in [-0.1, -0.05) is 100 Å². The maximum atomic E-state index is 14.9. The molecule has 3 heterocycles. The van der Waals surface area contributed by atoms with Gasteiger partial charge in [0.2, 0.25) is 11.6 Å². The van der Waals surface area contributed by atoms with Crippen LogP contribution in [0.5, 0.6) is 0 Å². The van der Waals surface area contributed by atoms with Crippen molar-refractivity contribution in [2.24, 2.45) is 0 Å². The van der Waals surface area contributed by atoms with Crippen molar-refractivity contribution in [3.05, 3.63) is 137 Å². The summed E-state index contributed by atoms with van der Waals surface area (Å²) in [5.41, 5.74) is -4.10. The molecule has 210 valence electrons. The molecule has 0 unspecified atom stereocenters. The number of ether oxygens (including phenoxy) is 4. The van der Waals surface area contributed by atoms with Gasteiger partial charge in [0.05, 0.1) is 0 Å². The molecule has 11 heteroatoms. The fourth-order valence-corrected chi connectivity index (χ4v) is 6.79. The molecule has 0 aliphatic carbocycles. The highest BCUT2D eigenvalue weighted by atomic mass is 79.9. The van der Waals surface area contributed by atoms with Crippen molar-refractivity contribution in [3.8, 4) is 0 Å². The Morgan fingerprint density at radius 3 is 1.45 bits per heavy atom. The number of ketones is 2. The van der Waals surface area contributed by atoms with Crippen LogP contribution in [0, 0.1) is 0 Å². The average molecular weight is 820 g/mol. The van der Waals surface area contributed by atoms with Crippen molar-refractivity contribution < 1.29 is 33.3 Å². The number of carbonyl (C=O) groups excluding carboxylic acids is 3. The van der Waals surface area contributed by atoms with Crippen LogP contribution in [0.4, 0.5) is 0 Å². The van der Waals surface area contributed by atoms with Gasteiger partial charge in [0.15, 0.2) is 0 Å². The first-order valence-electron chi connectivity index (χ1n) is 12.5. The number of rotatable bonds is 6. The van der Waals surface area contributed by atoms with Gasteiger partial charge < -0.3 is 4.74 Å². The number of Topliss-reactive ketones (excluding diaryl/α,β-unsaturated/α-hetero) is 2. The van der Waals surface area contributed by atoms with E-state index >= 15 is 0 Å². The lowest BCUT2D eigenvalue weighted by Gasteiger charge is -2.40. The summed E-state index contributed by atoms with van der Waals surface area (Å²) in [6.07, 6.45) is 0. The van der Waals surface area contributed by atoms with Gasteiger partial charge in [0, 0.05) is 40.1 Å². The second-order valence-electron chi connectivity index (χ2n) is 9.92. The summed E-state index contributed by atoms with van der Waals surface area (Å²) in [6.45, 7) is 0. The van der Waals surface area contributed by atoms with Gasteiger partial charge in [-0.15, -0.1) is 0 Å². The van der Waals surface area contributed by atoms with Crippen LogP contribution in [-0.4, -0.2) is 28.7 Å². The minimum atomic E-state index is -2.57. The molecule has 2 bridgehead atoms. The Labute approximate surface area is 273 Å². The molecule has 0 spiro atoms. The van der Waals surface area contributed by atoms with E-state index in [2.05, 4.69) is 63.7 Å². The quantitative estimate of drug-likeness (QED) is 0.113. The molecule has 0 amide bonds. The number of halogens is 4. The molecular formula is C31H16Br4O7. The minimum absolute atomic E-state index is 0.117. The molecule has 3 aliphatic rings. The van der Waals surface area contributed by atoms with Crippen LogP contribution in [0.25, 0.3) is 0 Å². The first kappa shape index (κ1) is 28.3. The van der Waals surface area contributed by atoms with Gasteiger partial charge in [-0.25, -0.2) is 4.79 Å². The standard InChI is InChI=1S/C31H16Br4O7/c32-21-9-1-17(2-10-21)25(36)28-27(38)39-30(19-5-13-23(34)14-6-19)29(28,26(37)18-3-11-22(33)12-4-18)41-31(40-28,42-30)20-7-15-24(35)16-8-20/h1-16H/t28-,29-,30-,31-/m1/s1. The maximum Gasteiger partial charge on any atom is 0.353 e. The third-order valence-electron chi connectivity index (χ3n) is 7.61. The Morgan fingerprint density at radius 1 is 0.524 bits per heavy atom. The molecule has 0 N–H and O–H groups in total. The van der Waals surface area contributed by atoms with Gasteiger partial charge in [-0.3, -0.25) is 23.8 Å². The summed E-state index contributed by atoms with van der Waals surface area (Å²) < 4.78 is 28.6. The summed E-state index contributed by atoms with van der Waals surface area (Å²) in [5.74, 6) is -6.96. The second kappa shape index (κ2) is 9.75. The van der Waals surface area contributed by atoms with Gasteiger partial charge in [0.1, 0.15) is 0 Å². The van der Waals surface area contributed by atoms with Crippen LogP contribution in [0.3, 0.4) is 0 Å². The zero-order valence-electron chi connectivity index (χ0n) is 21.1. The highest BCUT2D eigenvalue weighted by molar-refractivity contribution is 9.11. The van der Waals surface area contributed by atoms with E-state index in [1.807, 2.05) is 0 Å². The van der Waals surface area contributed by atoms with Crippen molar-refractivity contribution >= 4 is 81.3 Å². The van der Waals surface area contributed by atoms with Gasteiger partial charge in [-0.05, 0) is 60.7 Å². The highest BCUT2D eigenvalue weighted by Gasteiger charge is 2.97. The molecule has 3 saturated heterocycles. The number of hydrogen-bond acceptors (Lipinski definition) is 7. The Balaban J connectivity index is 1.56. The van der Waals surface area contributed by atoms with E-state index in [4.69, 9.17) is 18.9 Å². The van der Waals surface area contributed by atoms with Gasteiger partial charge in [0.25, 0.3) is 17.0 Å². The molecular weight excluding hydrogens is 804 g/mol. The second-order valence-corrected chi connectivity index (χ2v) is 13.6. The zero-order valence-corrected chi connectivity index (χ0v) is 27.5. The van der Waals surface area contributed by atoms with Crippen LogP contribution in [0.2, 0.25) is 0 Å². The number of esters is 1. The van der Waals surface area contributed by atoms with E-state index in [-0.39, 0.29) is 16.7 Å². The van der Waals surface area contributed by atoms with E-state index < -0.39 is 40.5 Å². The van der Waals surface area contributed by atoms with Gasteiger partial charge >= 0.3 is 11.9 Å². The largest absolute Gasteiger partial charge is 0.422 e. The molecule has 0 radical (unpaired) electrons. The van der Waals surface area contributed by atoms with E-state index in [0.717, 1.165) is 17.9 Å². The third-order valence-corrected chi connectivity index (χ3v) is 9.73. The van der Waals surface area contributed by atoms with Crippen LogP contribution < -0.4 is 0 Å². The summed E-state index contributed by atoms with van der Waals surface area (Å²) in [4.78, 5) is 43.8. The lowest BCUT2D eigenvalue weighted by molar-refractivity contribution is -0.372. The fraction of sp³-hybridized carbons (Fsp3) is 0.129. The van der Waals surface area contributed by atoms with Crippen LogP contribution >= 0.6 is 63.7 Å². The summed E-state index contributed by atoms with van der Waals surface area (Å²) in [7, 11) is 0. The zero-order chi connectivity index (χ0) is 29.5. The summed E-state index contributed by atoms with van der Waals surface area (Å²) in [5, 5.41) is 0. The maximum absolute atomic E-state index is 14.9. The molecule has 7 nitrogen and oxygen atoms in total. The fourth-order valence-electron chi connectivity index (χ4n) is 5.73. The van der Waals surface area contributed by atoms with E-state index in [9.17, 15) is 14.4 Å². The number of hydrogen-bond donors (Lipinski definition) is 0. The smallest absolute Gasteiger partial charge is 0.353 e. The number of fused-ring (bicyclic) bond motifs is 1. The first-order chi connectivity index (χ1) is 20.1. The molecule has 4 aromatic rings. The Hall–Kier alpha value is -2.51. The predicted molar refractivity (Wildman–Crippen MR) is 163 cm³/mol. The highest BCUT2D eigenvalue weighted by Crippen LogP contribution is 2.72. The van der Waals surface area contributed by atoms with E-state index in [1.54, 1.807) is 84.9 Å². The summed E-state index contributed by atoms with van der Waals surface area (Å²) in [6, 6.07) is 26.4. The molecule has 42 heavy (non-hydrogen) atoms. The molecule has 3 fully saturated rings. The molecule has 4 aromatic carbocycles. The lowest BCUT2D eigenvalue weighted by atomic mass is 9.69. The van der Waals surface area contributed by atoms with E-state index in [1.165, 1.54) is 12.1 Å². The lowest BCUT2D eigenvalue weighted by Crippen LogP contribution is -2.68. The van der Waals surface area contributed by atoms with E-state index in [0.29, 0.717) is 5.56 Å². The predicted octanol–water partition coefficient (Wildman–Crippen LogP) is 7.58. The van der Waals surface area contributed by atoms with Crippen molar-refractivity contribution in [2.45, 2.75) is 23.0 Å². The Kier molecular flexibility index (Phi) is 6.56. The third kappa shape index (κ3) is 3.68. The van der Waals surface area contributed by atoms with Crippen LogP contribution in [0.1, 0.15) is 31.8 Å². The average Bonchev–Trinajstić information content (AvgIpc) is 3.50. The topological polar surface area (TPSA) is 88.1 Å². The van der Waals surface area contributed by atoms with Crippen LogP contribution in [-0.2, 0) is 35.5 Å². The first-order valence-corrected chi connectivity index (χ1v) is 15.7. The Morgan fingerprint density at radius 2 is 0.952 bits per heavy atom. The molecule has 0 saturated carbocycles. The Bertz CT molecular complexity index is 1780. The van der Waals surface area contributed by atoms with Crippen molar-refractivity contribution in [3.63, 3.8) is 0 Å². The van der Waals surface area contributed by atoms with Crippen molar-refractivity contribution in [1.29, 1.82) is 0 Å². The van der Waals surface area contributed by atoms with Crippen molar-refractivity contribution in [1.82, 2.24) is 0 Å².